The van der Waals surface area contributed by atoms with Gasteiger partial charge >= 0.3 is 0 Å². The molecule has 1 atom stereocenters. The molecule has 4 nitrogen and oxygen atoms in total. The molecule has 2 aromatic carbocycles. The van der Waals surface area contributed by atoms with Gasteiger partial charge in [0.2, 0.25) is 5.91 Å². The number of amides is 1. The van der Waals surface area contributed by atoms with E-state index in [1.807, 2.05) is 0 Å². The number of carbonyl (C=O) groups is 1. The van der Waals surface area contributed by atoms with Gasteiger partial charge in [-0.1, -0.05) is 42.5 Å². The molecule has 3 rings (SSSR count). The van der Waals surface area contributed by atoms with E-state index in [2.05, 4.69) is 53.5 Å². The lowest BCUT2D eigenvalue weighted by atomic mass is 9.94. The van der Waals surface area contributed by atoms with Crippen LogP contribution in [-0.4, -0.2) is 48.9 Å². The molecule has 0 bridgehead atoms. The van der Waals surface area contributed by atoms with Gasteiger partial charge < -0.3 is 10.2 Å². The maximum Gasteiger partial charge on any atom is 0.221 e. The number of fused-ring (bicyclic) bond motifs is 1. The van der Waals surface area contributed by atoms with Crippen LogP contribution < -0.4 is 5.32 Å². The average Bonchev–Trinajstić information content (AvgIpc) is 2.66. The molecule has 0 spiro atoms. The van der Waals surface area contributed by atoms with E-state index in [4.69, 9.17) is 0 Å². The van der Waals surface area contributed by atoms with Crippen molar-refractivity contribution in [2.75, 3.05) is 27.2 Å². The van der Waals surface area contributed by atoms with E-state index in [0.29, 0.717) is 24.6 Å². The predicted molar refractivity (Wildman–Crippen MR) is 106 cm³/mol. The molecule has 0 radical (unpaired) electrons. The second-order valence-corrected chi connectivity index (χ2v) is 7.42. The first-order valence-corrected chi connectivity index (χ1v) is 9.48. The van der Waals surface area contributed by atoms with Crippen molar-refractivity contribution in [2.45, 2.75) is 32.0 Å². The largest absolute Gasteiger partial charge is 0.352 e. The number of benzene rings is 2. The predicted octanol–water partition coefficient (Wildman–Crippen LogP) is 2.82. The lowest BCUT2D eigenvalue weighted by Crippen LogP contribution is -2.45. The second-order valence-electron chi connectivity index (χ2n) is 7.42. The highest BCUT2D eigenvalue weighted by Crippen LogP contribution is 2.22. The monoisotopic (exact) mass is 369 g/mol. The minimum Gasteiger partial charge on any atom is -0.352 e. The maximum atomic E-state index is 13.6. The van der Waals surface area contributed by atoms with Crippen molar-refractivity contribution in [2.24, 2.45) is 0 Å². The number of hydrogen-bond donors (Lipinski definition) is 1. The smallest absolute Gasteiger partial charge is 0.221 e. The Morgan fingerprint density at radius 3 is 2.67 bits per heavy atom. The molecule has 1 N–H and O–H groups in total. The summed E-state index contributed by atoms with van der Waals surface area (Å²) in [6.07, 6.45) is 1.45. The summed E-state index contributed by atoms with van der Waals surface area (Å²) in [4.78, 5) is 16.7. The minimum atomic E-state index is -0.282. The van der Waals surface area contributed by atoms with Gasteiger partial charge in [0.25, 0.3) is 0 Å². The Bertz CT molecular complexity index is 780. The van der Waals surface area contributed by atoms with E-state index in [1.165, 1.54) is 17.2 Å². The molecule has 5 heteroatoms. The Labute approximate surface area is 161 Å². The molecule has 1 aliphatic rings. The molecule has 2 aromatic rings. The van der Waals surface area contributed by atoms with Gasteiger partial charge in [0.1, 0.15) is 5.82 Å². The van der Waals surface area contributed by atoms with Crippen LogP contribution in [0.2, 0.25) is 0 Å². The summed E-state index contributed by atoms with van der Waals surface area (Å²) in [7, 11) is 4.22. The van der Waals surface area contributed by atoms with Crippen molar-refractivity contribution in [3.63, 3.8) is 0 Å². The average molecular weight is 369 g/mol. The van der Waals surface area contributed by atoms with Crippen LogP contribution in [0, 0.1) is 5.82 Å². The van der Waals surface area contributed by atoms with Crippen LogP contribution in [0.3, 0.4) is 0 Å². The van der Waals surface area contributed by atoms with Gasteiger partial charge in [-0.15, -0.1) is 0 Å². The molecular formula is C22H28FN3O. The van der Waals surface area contributed by atoms with Crippen LogP contribution in [0.15, 0.2) is 48.5 Å². The third kappa shape index (κ3) is 5.37. The Hall–Kier alpha value is -2.24. The zero-order valence-corrected chi connectivity index (χ0v) is 16.1. The number of halogens is 1. The van der Waals surface area contributed by atoms with Crippen LogP contribution in [0.5, 0.6) is 0 Å². The van der Waals surface area contributed by atoms with Crippen molar-refractivity contribution >= 4 is 5.91 Å². The van der Waals surface area contributed by atoms with Crippen molar-refractivity contribution in [3.05, 3.63) is 71.0 Å². The van der Waals surface area contributed by atoms with Crippen LogP contribution in [0.4, 0.5) is 4.39 Å². The van der Waals surface area contributed by atoms with Crippen LogP contribution in [0.1, 0.15) is 23.1 Å². The molecule has 0 fully saturated rings. The number of rotatable bonds is 7. The molecule has 0 saturated heterocycles. The molecule has 144 valence electrons. The standard InChI is InChI=1S/C22H28FN3O/c1-25(12-11-22(27)24-14-18-8-5-6-10-21(18)23)16-20-13-17-7-3-4-9-19(17)15-26(20)2/h3-10,20H,11-16H2,1-2H3,(H,24,27). The summed E-state index contributed by atoms with van der Waals surface area (Å²) in [5, 5.41) is 2.80. The fourth-order valence-corrected chi connectivity index (χ4v) is 3.59. The Kier molecular flexibility index (Phi) is 6.58. The highest BCUT2D eigenvalue weighted by Gasteiger charge is 2.24. The van der Waals surface area contributed by atoms with Crippen LogP contribution >= 0.6 is 0 Å². The molecule has 1 amide bonds. The van der Waals surface area contributed by atoms with Gasteiger partial charge in [-0.25, -0.2) is 4.39 Å². The van der Waals surface area contributed by atoms with Gasteiger partial charge in [-0.05, 0) is 37.7 Å². The third-order valence-corrected chi connectivity index (χ3v) is 5.29. The topological polar surface area (TPSA) is 35.6 Å². The van der Waals surface area contributed by atoms with E-state index in [0.717, 1.165) is 19.5 Å². The normalized spacial score (nSPS) is 17.0. The molecule has 0 saturated carbocycles. The van der Waals surface area contributed by atoms with Gasteiger partial charge in [-0.2, -0.15) is 0 Å². The second kappa shape index (κ2) is 9.11. The molecule has 1 unspecified atom stereocenters. The zero-order valence-electron chi connectivity index (χ0n) is 16.1. The third-order valence-electron chi connectivity index (χ3n) is 5.29. The first-order chi connectivity index (χ1) is 13.0. The Morgan fingerprint density at radius 1 is 1.19 bits per heavy atom. The fraction of sp³-hybridized carbons (Fsp3) is 0.409. The fourth-order valence-electron chi connectivity index (χ4n) is 3.59. The lowest BCUT2D eigenvalue weighted by molar-refractivity contribution is -0.121. The van der Waals surface area contributed by atoms with Gasteiger partial charge in [0.15, 0.2) is 0 Å². The quantitative estimate of drug-likeness (QED) is 0.815. The summed E-state index contributed by atoms with van der Waals surface area (Å²) in [6, 6.07) is 15.6. The molecule has 27 heavy (non-hydrogen) atoms. The van der Waals surface area contributed by atoms with E-state index in [9.17, 15) is 9.18 Å². The SMILES string of the molecule is CN(CCC(=O)NCc1ccccc1F)CC1Cc2ccccc2CN1C. The number of carbonyl (C=O) groups excluding carboxylic acids is 1. The number of likely N-dealkylation sites (N-methyl/N-ethyl adjacent to an activating group) is 2. The number of nitrogens with one attached hydrogen (secondary N) is 1. The molecule has 1 aliphatic heterocycles. The molecule has 1 heterocycles. The Balaban J connectivity index is 1.42. The van der Waals surface area contributed by atoms with Gasteiger partial charge in [-0.3, -0.25) is 9.69 Å². The van der Waals surface area contributed by atoms with Crippen molar-refractivity contribution < 1.29 is 9.18 Å². The summed E-state index contributed by atoms with van der Waals surface area (Å²) in [5.41, 5.74) is 3.35. The summed E-state index contributed by atoms with van der Waals surface area (Å²) >= 11 is 0. The first kappa shape index (κ1) is 19.5. The highest BCUT2D eigenvalue weighted by molar-refractivity contribution is 5.76. The van der Waals surface area contributed by atoms with Crippen molar-refractivity contribution in [1.82, 2.24) is 15.1 Å². The molecule has 0 aliphatic carbocycles. The van der Waals surface area contributed by atoms with E-state index in [1.54, 1.807) is 18.2 Å². The van der Waals surface area contributed by atoms with Gasteiger partial charge in [0.05, 0.1) is 0 Å². The summed E-state index contributed by atoms with van der Waals surface area (Å²) < 4.78 is 13.6. The first-order valence-electron chi connectivity index (χ1n) is 9.48. The molecule has 0 aromatic heterocycles. The van der Waals surface area contributed by atoms with E-state index < -0.39 is 0 Å². The van der Waals surface area contributed by atoms with Crippen molar-refractivity contribution in [3.8, 4) is 0 Å². The van der Waals surface area contributed by atoms with Crippen LogP contribution in [-0.2, 0) is 24.3 Å². The number of hydrogen-bond acceptors (Lipinski definition) is 3. The highest BCUT2D eigenvalue weighted by atomic mass is 19.1. The van der Waals surface area contributed by atoms with Crippen molar-refractivity contribution in [1.29, 1.82) is 0 Å². The van der Waals surface area contributed by atoms with E-state index in [-0.39, 0.29) is 18.3 Å². The molecular weight excluding hydrogens is 341 g/mol. The summed E-state index contributed by atoms with van der Waals surface area (Å²) in [5.74, 6) is -0.331. The lowest BCUT2D eigenvalue weighted by Gasteiger charge is -2.36. The maximum absolute atomic E-state index is 13.6. The van der Waals surface area contributed by atoms with Gasteiger partial charge in [0, 0.05) is 44.2 Å². The number of nitrogens with zero attached hydrogens (tertiary/aromatic N) is 2. The van der Waals surface area contributed by atoms with Crippen LogP contribution in [0.25, 0.3) is 0 Å². The van der Waals surface area contributed by atoms with E-state index >= 15 is 0 Å². The zero-order chi connectivity index (χ0) is 19.2. The Morgan fingerprint density at radius 2 is 1.89 bits per heavy atom. The summed E-state index contributed by atoms with van der Waals surface area (Å²) in [6.45, 7) is 2.82. The minimum absolute atomic E-state index is 0.0487.